The van der Waals surface area contributed by atoms with Gasteiger partial charge in [-0.15, -0.1) is 11.3 Å². The van der Waals surface area contributed by atoms with Gasteiger partial charge in [0.25, 0.3) is 10.0 Å². The molecule has 0 spiro atoms. The second kappa shape index (κ2) is 5.18. The first kappa shape index (κ1) is 13.8. The van der Waals surface area contributed by atoms with Crippen molar-refractivity contribution >= 4 is 62.0 Å². The molecule has 2 rings (SSSR count). The Balaban J connectivity index is 2.36. The maximum Gasteiger partial charge on any atom is 0.265 e. The highest BCUT2D eigenvalue weighted by molar-refractivity contribution is 7.93. The molecule has 18 heavy (non-hydrogen) atoms. The molecule has 10 heteroatoms. The van der Waals surface area contributed by atoms with Crippen LogP contribution in [0.25, 0.3) is 0 Å². The standard InChI is InChI=1S/C8H4Cl3N3O2S2/c9-5-2-12-3-7(13-5)14-18(15,16)4-1-6(10)17-8(4)11/h1-3H,(H,13,14). The Morgan fingerprint density at radius 2 is 1.94 bits per heavy atom. The van der Waals surface area contributed by atoms with Crippen molar-refractivity contribution < 1.29 is 8.42 Å². The monoisotopic (exact) mass is 343 g/mol. The highest BCUT2D eigenvalue weighted by atomic mass is 35.5. The number of rotatable bonds is 3. The van der Waals surface area contributed by atoms with Gasteiger partial charge in [0.05, 0.1) is 16.7 Å². The predicted molar refractivity (Wildman–Crippen MR) is 72.2 cm³/mol. The fourth-order valence-corrected chi connectivity index (χ4v) is 4.38. The van der Waals surface area contributed by atoms with Crippen molar-refractivity contribution in [3.63, 3.8) is 0 Å². The van der Waals surface area contributed by atoms with Gasteiger partial charge in [-0.1, -0.05) is 34.8 Å². The molecule has 2 aromatic heterocycles. The van der Waals surface area contributed by atoms with Gasteiger partial charge in [0.1, 0.15) is 14.4 Å². The summed E-state index contributed by atoms with van der Waals surface area (Å²) in [5.74, 6) is 0.000823. The summed E-state index contributed by atoms with van der Waals surface area (Å²) in [5.41, 5.74) is 0. The minimum absolute atomic E-state index is 0.000823. The summed E-state index contributed by atoms with van der Waals surface area (Å²) in [6, 6.07) is 1.26. The predicted octanol–water partition coefficient (Wildman–Crippen LogP) is 3.30. The lowest BCUT2D eigenvalue weighted by atomic mass is 10.7. The van der Waals surface area contributed by atoms with Crippen LogP contribution in [0.1, 0.15) is 0 Å². The molecule has 0 radical (unpaired) electrons. The minimum atomic E-state index is -3.86. The number of hydrogen-bond acceptors (Lipinski definition) is 5. The summed E-state index contributed by atoms with van der Waals surface area (Å²) in [4.78, 5) is 7.36. The van der Waals surface area contributed by atoms with Crippen LogP contribution in [0.15, 0.2) is 23.4 Å². The summed E-state index contributed by atoms with van der Waals surface area (Å²) in [6.07, 6.45) is 2.51. The number of thiophene rings is 1. The van der Waals surface area contributed by atoms with Gasteiger partial charge in [0.2, 0.25) is 0 Å². The van der Waals surface area contributed by atoms with Gasteiger partial charge in [0, 0.05) is 0 Å². The third-order valence-electron chi connectivity index (χ3n) is 1.76. The van der Waals surface area contributed by atoms with Gasteiger partial charge in [-0.2, -0.15) is 0 Å². The third kappa shape index (κ3) is 3.04. The van der Waals surface area contributed by atoms with Crippen molar-refractivity contribution in [2.75, 3.05) is 4.72 Å². The number of nitrogens with one attached hydrogen (secondary N) is 1. The van der Waals surface area contributed by atoms with Gasteiger partial charge >= 0.3 is 0 Å². The van der Waals surface area contributed by atoms with Crippen molar-refractivity contribution in [2.24, 2.45) is 0 Å². The molecule has 5 nitrogen and oxygen atoms in total. The largest absolute Gasteiger partial charge is 0.265 e. The molecule has 0 aliphatic heterocycles. The number of sulfonamides is 1. The van der Waals surface area contributed by atoms with E-state index >= 15 is 0 Å². The van der Waals surface area contributed by atoms with E-state index in [-0.39, 0.29) is 24.5 Å². The fourth-order valence-electron chi connectivity index (χ4n) is 1.09. The van der Waals surface area contributed by atoms with Crippen LogP contribution < -0.4 is 4.72 Å². The molecule has 0 fully saturated rings. The Kier molecular flexibility index (Phi) is 3.98. The molecule has 0 aliphatic carbocycles. The first-order valence-corrected chi connectivity index (χ1v) is 7.77. The van der Waals surface area contributed by atoms with Crippen molar-refractivity contribution in [2.45, 2.75) is 4.90 Å². The van der Waals surface area contributed by atoms with Gasteiger partial charge < -0.3 is 0 Å². The Morgan fingerprint density at radius 3 is 2.50 bits per heavy atom. The van der Waals surface area contributed by atoms with Crippen molar-refractivity contribution in [1.29, 1.82) is 0 Å². The summed E-state index contributed by atoms with van der Waals surface area (Å²) in [7, 11) is -3.86. The third-order valence-corrected chi connectivity index (χ3v) is 5.05. The van der Waals surface area contributed by atoms with Crippen LogP contribution in [0, 0.1) is 0 Å². The topological polar surface area (TPSA) is 72.0 Å². The first-order valence-electron chi connectivity index (χ1n) is 4.34. The Morgan fingerprint density at radius 1 is 1.22 bits per heavy atom. The molecule has 0 unspecified atom stereocenters. The van der Waals surface area contributed by atoms with Crippen molar-refractivity contribution in [1.82, 2.24) is 9.97 Å². The van der Waals surface area contributed by atoms with Crippen LogP contribution >= 0.6 is 46.1 Å². The molecule has 0 bridgehead atoms. The van der Waals surface area contributed by atoms with E-state index < -0.39 is 10.0 Å². The molecular formula is C8H4Cl3N3O2S2. The average Bonchev–Trinajstić information content (AvgIpc) is 2.58. The summed E-state index contributed by atoms with van der Waals surface area (Å²) >= 11 is 18.0. The second-order valence-electron chi connectivity index (χ2n) is 3.02. The quantitative estimate of drug-likeness (QED) is 0.927. The Bertz CT molecular complexity index is 687. The maximum absolute atomic E-state index is 12.0. The molecule has 1 N–H and O–H groups in total. The highest BCUT2D eigenvalue weighted by Crippen LogP contribution is 2.34. The van der Waals surface area contributed by atoms with E-state index in [0.29, 0.717) is 0 Å². The zero-order chi connectivity index (χ0) is 13.3. The molecule has 0 aliphatic rings. The van der Waals surface area contributed by atoms with Gasteiger partial charge in [0.15, 0.2) is 5.82 Å². The first-order chi connectivity index (χ1) is 8.38. The summed E-state index contributed by atoms with van der Waals surface area (Å²) < 4.78 is 26.5. The van der Waals surface area contributed by atoms with Crippen LogP contribution in [-0.4, -0.2) is 18.4 Å². The van der Waals surface area contributed by atoms with Crippen molar-refractivity contribution in [3.8, 4) is 0 Å². The molecule has 0 amide bonds. The summed E-state index contributed by atoms with van der Waals surface area (Å²) in [5, 5.41) is 0.0737. The number of hydrogen-bond donors (Lipinski definition) is 1. The molecule has 0 saturated carbocycles. The zero-order valence-electron chi connectivity index (χ0n) is 8.39. The van der Waals surface area contributed by atoms with E-state index in [9.17, 15) is 8.42 Å². The van der Waals surface area contributed by atoms with Crippen LogP contribution in [0.5, 0.6) is 0 Å². The van der Waals surface area contributed by atoms with Gasteiger partial charge in [-0.05, 0) is 6.07 Å². The Labute approximate surface area is 122 Å². The highest BCUT2D eigenvalue weighted by Gasteiger charge is 2.21. The second-order valence-corrected chi connectivity index (χ2v) is 7.34. The average molecular weight is 345 g/mol. The van der Waals surface area contributed by atoms with E-state index in [0.717, 1.165) is 11.3 Å². The van der Waals surface area contributed by atoms with E-state index in [4.69, 9.17) is 34.8 Å². The van der Waals surface area contributed by atoms with E-state index in [1.807, 2.05) is 0 Å². The molecule has 2 heterocycles. The molecule has 0 saturated heterocycles. The van der Waals surface area contributed by atoms with Crippen molar-refractivity contribution in [3.05, 3.63) is 32.3 Å². The molecular weight excluding hydrogens is 341 g/mol. The number of halogens is 3. The van der Waals surface area contributed by atoms with Crippen LogP contribution in [0.3, 0.4) is 0 Å². The summed E-state index contributed by atoms with van der Waals surface area (Å²) in [6.45, 7) is 0. The number of anilines is 1. The number of nitrogens with zero attached hydrogens (tertiary/aromatic N) is 2. The number of aromatic nitrogens is 2. The lowest BCUT2D eigenvalue weighted by molar-refractivity contribution is 0.601. The van der Waals surface area contributed by atoms with E-state index in [1.54, 1.807) is 0 Å². The zero-order valence-corrected chi connectivity index (χ0v) is 12.3. The molecule has 0 atom stereocenters. The van der Waals surface area contributed by atoms with Gasteiger partial charge in [-0.25, -0.2) is 13.4 Å². The lowest BCUT2D eigenvalue weighted by Crippen LogP contribution is -2.13. The van der Waals surface area contributed by atoms with Crippen LogP contribution in [0.2, 0.25) is 13.8 Å². The lowest BCUT2D eigenvalue weighted by Gasteiger charge is -2.05. The minimum Gasteiger partial charge on any atom is -0.262 e. The van der Waals surface area contributed by atoms with Crippen LogP contribution in [0.4, 0.5) is 5.82 Å². The normalized spacial score (nSPS) is 11.5. The smallest absolute Gasteiger partial charge is 0.262 e. The van der Waals surface area contributed by atoms with Gasteiger partial charge in [-0.3, -0.25) is 9.71 Å². The van der Waals surface area contributed by atoms with E-state index in [2.05, 4.69) is 14.7 Å². The van der Waals surface area contributed by atoms with E-state index in [1.165, 1.54) is 18.5 Å². The SMILES string of the molecule is O=S(=O)(Nc1cncc(Cl)n1)c1cc(Cl)sc1Cl. The van der Waals surface area contributed by atoms with Crippen LogP contribution in [-0.2, 0) is 10.0 Å². The molecule has 0 aromatic carbocycles. The fraction of sp³-hybridized carbons (Fsp3) is 0. The molecule has 2 aromatic rings. The Hall–Kier alpha value is -0.600. The molecule has 96 valence electrons. The maximum atomic E-state index is 12.0.